The van der Waals surface area contributed by atoms with E-state index in [4.69, 9.17) is 4.74 Å². The Labute approximate surface area is 78.8 Å². The van der Waals surface area contributed by atoms with Gasteiger partial charge in [-0.15, -0.1) is 0 Å². The van der Waals surface area contributed by atoms with Crippen molar-refractivity contribution in [1.29, 1.82) is 0 Å². The molecule has 0 rings (SSSR count). The van der Waals surface area contributed by atoms with E-state index in [1.54, 1.807) is 0 Å². The molecular formula is C9H17O4. The first-order valence-electron chi connectivity index (χ1n) is 4.66. The highest BCUT2D eigenvalue weighted by molar-refractivity contribution is 5.56. The zero-order valence-corrected chi connectivity index (χ0v) is 8.25. The number of rotatable bonds is 7. The van der Waals surface area contributed by atoms with E-state index in [0.717, 1.165) is 12.8 Å². The van der Waals surface area contributed by atoms with E-state index in [1.807, 2.05) is 0 Å². The summed E-state index contributed by atoms with van der Waals surface area (Å²) in [4.78, 5) is 9.93. The summed E-state index contributed by atoms with van der Waals surface area (Å²) in [7, 11) is 0. The molecule has 0 aliphatic rings. The van der Waals surface area contributed by atoms with Crippen LogP contribution in [-0.4, -0.2) is 19.1 Å². The summed E-state index contributed by atoms with van der Waals surface area (Å²) in [5, 5.41) is 9.93. The zero-order chi connectivity index (χ0) is 10.1. The molecule has 4 nitrogen and oxygen atoms in total. The maximum atomic E-state index is 9.93. The van der Waals surface area contributed by atoms with Gasteiger partial charge in [0.15, 0.2) is 0 Å². The Morgan fingerprint density at radius 1 is 1.31 bits per heavy atom. The van der Waals surface area contributed by atoms with Gasteiger partial charge in [0.05, 0.1) is 6.61 Å². The molecule has 1 radical (unpaired) electrons. The van der Waals surface area contributed by atoms with Gasteiger partial charge in [0.25, 0.3) is 0 Å². The SMILES string of the molecule is CCCCCCOC(C)OC([O])=O. The summed E-state index contributed by atoms with van der Waals surface area (Å²) in [6.07, 6.45) is 2.14. The second-order valence-corrected chi connectivity index (χ2v) is 2.87. The standard InChI is InChI=1S/C9H17O4/c1-3-4-5-6-7-12-8(2)13-9(10)11/h8H,3-7H2,1-2H3. The van der Waals surface area contributed by atoms with E-state index in [1.165, 1.54) is 19.8 Å². The molecular weight excluding hydrogens is 172 g/mol. The van der Waals surface area contributed by atoms with Gasteiger partial charge in [-0.2, -0.15) is 9.90 Å². The van der Waals surface area contributed by atoms with Crippen LogP contribution in [0.25, 0.3) is 0 Å². The molecule has 0 spiro atoms. The largest absolute Gasteiger partial charge is 0.552 e. The van der Waals surface area contributed by atoms with Crippen molar-refractivity contribution in [2.45, 2.75) is 45.8 Å². The molecule has 0 heterocycles. The van der Waals surface area contributed by atoms with Crippen LogP contribution in [0.1, 0.15) is 39.5 Å². The lowest BCUT2D eigenvalue weighted by atomic mass is 10.2. The van der Waals surface area contributed by atoms with Crippen molar-refractivity contribution in [2.75, 3.05) is 6.61 Å². The smallest absolute Gasteiger partial charge is 0.402 e. The fraction of sp³-hybridized carbons (Fsp3) is 0.889. The van der Waals surface area contributed by atoms with Crippen LogP contribution in [0.15, 0.2) is 0 Å². The van der Waals surface area contributed by atoms with Crippen LogP contribution < -0.4 is 0 Å². The van der Waals surface area contributed by atoms with E-state index in [2.05, 4.69) is 11.7 Å². The molecule has 1 atom stereocenters. The zero-order valence-electron chi connectivity index (χ0n) is 8.25. The lowest BCUT2D eigenvalue weighted by molar-refractivity contribution is -0.110. The molecule has 0 aliphatic carbocycles. The van der Waals surface area contributed by atoms with Crippen molar-refractivity contribution in [3.05, 3.63) is 0 Å². The van der Waals surface area contributed by atoms with E-state index < -0.39 is 12.4 Å². The van der Waals surface area contributed by atoms with Crippen molar-refractivity contribution in [3.8, 4) is 0 Å². The number of unbranched alkanes of at least 4 members (excludes halogenated alkanes) is 3. The van der Waals surface area contributed by atoms with Crippen molar-refractivity contribution in [2.24, 2.45) is 0 Å². The Balaban J connectivity index is 3.17. The highest BCUT2D eigenvalue weighted by atomic mass is 16.8. The van der Waals surface area contributed by atoms with E-state index in [9.17, 15) is 9.90 Å². The van der Waals surface area contributed by atoms with Crippen molar-refractivity contribution in [1.82, 2.24) is 0 Å². The summed E-state index contributed by atoms with van der Waals surface area (Å²) in [6, 6.07) is 0. The highest BCUT2D eigenvalue weighted by Gasteiger charge is 2.07. The highest BCUT2D eigenvalue weighted by Crippen LogP contribution is 2.01. The van der Waals surface area contributed by atoms with Gasteiger partial charge in [0.1, 0.15) is 0 Å². The summed E-state index contributed by atoms with van der Waals surface area (Å²) < 4.78 is 9.30. The van der Waals surface area contributed by atoms with Gasteiger partial charge in [-0.25, -0.2) is 0 Å². The third-order valence-corrected chi connectivity index (χ3v) is 1.61. The van der Waals surface area contributed by atoms with Crippen LogP contribution in [-0.2, 0) is 14.6 Å². The Morgan fingerprint density at radius 2 is 2.00 bits per heavy atom. The fourth-order valence-corrected chi connectivity index (χ4v) is 0.948. The molecule has 0 saturated carbocycles. The van der Waals surface area contributed by atoms with E-state index in [-0.39, 0.29) is 0 Å². The Morgan fingerprint density at radius 3 is 2.54 bits per heavy atom. The first-order valence-corrected chi connectivity index (χ1v) is 4.66. The molecule has 0 amide bonds. The Kier molecular flexibility index (Phi) is 7.39. The van der Waals surface area contributed by atoms with E-state index >= 15 is 0 Å². The van der Waals surface area contributed by atoms with Crippen LogP contribution in [0.5, 0.6) is 0 Å². The average molecular weight is 189 g/mol. The second-order valence-electron chi connectivity index (χ2n) is 2.87. The summed E-state index contributed by atoms with van der Waals surface area (Å²) in [5.74, 6) is 0. The van der Waals surface area contributed by atoms with Gasteiger partial charge in [0, 0.05) is 0 Å². The molecule has 1 unspecified atom stereocenters. The fourth-order valence-electron chi connectivity index (χ4n) is 0.948. The summed E-state index contributed by atoms with van der Waals surface area (Å²) >= 11 is 0. The molecule has 77 valence electrons. The minimum absolute atomic E-state index is 0.536. The lowest BCUT2D eigenvalue weighted by Gasteiger charge is -2.10. The summed E-state index contributed by atoms with van der Waals surface area (Å²) in [5.41, 5.74) is 0. The third kappa shape index (κ3) is 9.14. The predicted molar refractivity (Wildman–Crippen MR) is 46.7 cm³/mol. The maximum Gasteiger partial charge on any atom is 0.552 e. The first kappa shape index (κ1) is 12.2. The minimum atomic E-state index is -1.54. The monoisotopic (exact) mass is 189 g/mol. The summed E-state index contributed by atoms with van der Waals surface area (Å²) in [6.45, 7) is 4.20. The lowest BCUT2D eigenvalue weighted by Crippen LogP contribution is -2.16. The maximum absolute atomic E-state index is 9.93. The number of ether oxygens (including phenoxy) is 2. The minimum Gasteiger partial charge on any atom is -0.402 e. The second kappa shape index (κ2) is 7.86. The molecule has 0 bridgehead atoms. The van der Waals surface area contributed by atoms with Gasteiger partial charge in [-0.1, -0.05) is 26.2 Å². The van der Waals surface area contributed by atoms with Crippen molar-refractivity contribution >= 4 is 6.16 Å². The van der Waals surface area contributed by atoms with Gasteiger partial charge in [0.2, 0.25) is 6.29 Å². The van der Waals surface area contributed by atoms with Crippen LogP contribution in [0.2, 0.25) is 0 Å². The van der Waals surface area contributed by atoms with Crippen LogP contribution >= 0.6 is 0 Å². The average Bonchev–Trinajstić information content (AvgIpc) is 2.02. The van der Waals surface area contributed by atoms with E-state index in [0.29, 0.717) is 6.61 Å². The molecule has 0 aromatic rings. The van der Waals surface area contributed by atoms with Crippen molar-refractivity contribution in [3.63, 3.8) is 0 Å². The molecule has 0 saturated heterocycles. The van der Waals surface area contributed by atoms with Crippen LogP contribution in [0, 0.1) is 0 Å². The van der Waals surface area contributed by atoms with Gasteiger partial charge < -0.3 is 9.47 Å². The van der Waals surface area contributed by atoms with Gasteiger partial charge in [-0.3, -0.25) is 0 Å². The molecule has 13 heavy (non-hydrogen) atoms. The molecule has 0 N–H and O–H groups in total. The van der Waals surface area contributed by atoms with Crippen LogP contribution in [0.4, 0.5) is 4.79 Å². The van der Waals surface area contributed by atoms with Gasteiger partial charge >= 0.3 is 6.16 Å². The Bertz CT molecular complexity index is 136. The first-order chi connectivity index (χ1) is 6.16. The van der Waals surface area contributed by atoms with Gasteiger partial charge in [-0.05, 0) is 13.3 Å². The normalized spacial score (nSPS) is 12.5. The number of carbonyl (C=O) groups excluding carboxylic acids is 1. The van der Waals surface area contributed by atoms with Crippen LogP contribution in [0.3, 0.4) is 0 Å². The Hall–Kier alpha value is -0.770. The third-order valence-electron chi connectivity index (χ3n) is 1.61. The molecule has 4 heteroatoms. The molecule has 0 fully saturated rings. The molecule has 0 aromatic carbocycles. The molecule has 0 aromatic heterocycles. The number of hydrogen-bond acceptors (Lipinski definition) is 3. The topological polar surface area (TPSA) is 55.4 Å². The predicted octanol–water partition coefficient (Wildman–Crippen LogP) is 2.50. The quantitative estimate of drug-likeness (QED) is 0.351. The number of carbonyl (C=O) groups is 1. The number of hydrogen-bond donors (Lipinski definition) is 0. The van der Waals surface area contributed by atoms with Crippen molar-refractivity contribution < 1.29 is 19.4 Å². The molecule has 0 aliphatic heterocycles.